The van der Waals surface area contributed by atoms with E-state index in [1.54, 1.807) is 6.07 Å². The Kier molecular flexibility index (Phi) is 5.37. The summed E-state index contributed by atoms with van der Waals surface area (Å²) in [5, 5.41) is 3.12. The van der Waals surface area contributed by atoms with Crippen molar-refractivity contribution in [1.82, 2.24) is 4.90 Å². The van der Waals surface area contributed by atoms with Crippen molar-refractivity contribution in [3.05, 3.63) is 82.4 Å². The van der Waals surface area contributed by atoms with E-state index < -0.39 is 5.91 Å². The molecule has 3 aromatic carbocycles. The second-order valence-corrected chi connectivity index (χ2v) is 6.59. The molecule has 25 heavy (non-hydrogen) atoms. The van der Waals surface area contributed by atoms with Gasteiger partial charge in [-0.15, -0.1) is 0 Å². The van der Waals surface area contributed by atoms with Crippen LogP contribution in [0.3, 0.4) is 0 Å². The average molecular weight is 353 g/mol. The third-order valence-corrected chi connectivity index (χ3v) is 4.63. The standard InChI is InChI=1S/C21H21ClN2O/c1-2-24(13-15-5-3-7-17(11-15)21(23)25)14-18-8-4-6-16-12-19(22)9-10-20(16)18/h3-12H,2,13-14H2,1H3,(H2,23,25). The number of hydrogen-bond acceptors (Lipinski definition) is 2. The van der Waals surface area contributed by atoms with E-state index in [9.17, 15) is 4.79 Å². The molecule has 0 aliphatic rings. The average Bonchev–Trinajstić information content (AvgIpc) is 2.61. The van der Waals surface area contributed by atoms with Crippen LogP contribution < -0.4 is 5.73 Å². The van der Waals surface area contributed by atoms with Crippen LogP contribution in [-0.2, 0) is 13.1 Å². The molecule has 2 N–H and O–H groups in total. The number of amides is 1. The lowest BCUT2D eigenvalue weighted by atomic mass is 10.0. The van der Waals surface area contributed by atoms with E-state index in [1.165, 1.54) is 10.9 Å². The number of nitrogens with two attached hydrogens (primary N) is 1. The lowest BCUT2D eigenvalue weighted by Gasteiger charge is -2.22. The number of benzene rings is 3. The fourth-order valence-corrected chi connectivity index (χ4v) is 3.24. The predicted molar refractivity (Wildman–Crippen MR) is 104 cm³/mol. The quantitative estimate of drug-likeness (QED) is 0.703. The van der Waals surface area contributed by atoms with Gasteiger partial charge in [0.15, 0.2) is 0 Å². The zero-order valence-electron chi connectivity index (χ0n) is 14.2. The van der Waals surface area contributed by atoms with Crippen LogP contribution in [0.5, 0.6) is 0 Å². The molecule has 0 atom stereocenters. The molecule has 0 saturated heterocycles. The van der Waals surface area contributed by atoms with Crippen LogP contribution in [0.15, 0.2) is 60.7 Å². The Bertz CT molecular complexity index is 907. The molecule has 3 rings (SSSR count). The van der Waals surface area contributed by atoms with E-state index in [2.05, 4.69) is 36.1 Å². The van der Waals surface area contributed by atoms with Crippen molar-refractivity contribution in [2.75, 3.05) is 6.54 Å². The van der Waals surface area contributed by atoms with E-state index in [0.29, 0.717) is 5.56 Å². The van der Waals surface area contributed by atoms with Gasteiger partial charge in [0.25, 0.3) is 0 Å². The Balaban J connectivity index is 1.83. The molecule has 128 valence electrons. The van der Waals surface area contributed by atoms with Gasteiger partial charge in [-0.2, -0.15) is 0 Å². The molecule has 0 aliphatic carbocycles. The number of carbonyl (C=O) groups is 1. The fraction of sp³-hybridized carbons (Fsp3) is 0.190. The van der Waals surface area contributed by atoms with Crippen LogP contribution in [-0.4, -0.2) is 17.4 Å². The normalized spacial score (nSPS) is 11.2. The van der Waals surface area contributed by atoms with Crippen LogP contribution in [0.4, 0.5) is 0 Å². The van der Waals surface area contributed by atoms with E-state index in [-0.39, 0.29) is 0 Å². The summed E-state index contributed by atoms with van der Waals surface area (Å²) in [6.07, 6.45) is 0. The van der Waals surface area contributed by atoms with Crippen LogP contribution >= 0.6 is 11.6 Å². The first kappa shape index (κ1) is 17.5. The van der Waals surface area contributed by atoms with Gasteiger partial charge in [0.2, 0.25) is 5.91 Å². The van der Waals surface area contributed by atoms with E-state index in [1.807, 2.05) is 30.3 Å². The van der Waals surface area contributed by atoms with Crippen molar-refractivity contribution >= 4 is 28.3 Å². The Morgan fingerprint density at radius 3 is 2.60 bits per heavy atom. The third-order valence-electron chi connectivity index (χ3n) is 4.39. The molecule has 0 aromatic heterocycles. The summed E-state index contributed by atoms with van der Waals surface area (Å²) in [6.45, 7) is 4.64. The lowest BCUT2D eigenvalue weighted by Crippen LogP contribution is -2.22. The molecule has 3 aromatic rings. The molecule has 0 radical (unpaired) electrons. The largest absolute Gasteiger partial charge is 0.366 e. The molecule has 3 nitrogen and oxygen atoms in total. The first-order chi connectivity index (χ1) is 12.1. The molecule has 1 amide bonds. The second kappa shape index (κ2) is 7.68. The highest BCUT2D eigenvalue weighted by atomic mass is 35.5. The Morgan fingerprint density at radius 1 is 1.04 bits per heavy atom. The van der Waals surface area contributed by atoms with Crippen molar-refractivity contribution in [1.29, 1.82) is 0 Å². The number of hydrogen-bond donors (Lipinski definition) is 1. The SMILES string of the molecule is CCN(Cc1cccc(C(N)=O)c1)Cc1cccc2cc(Cl)ccc12. The van der Waals surface area contributed by atoms with Crippen molar-refractivity contribution in [2.45, 2.75) is 20.0 Å². The maximum absolute atomic E-state index is 11.4. The monoisotopic (exact) mass is 352 g/mol. The Morgan fingerprint density at radius 2 is 1.84 bits per heavy atom. The number of primary amides is 1. The van der Waals surface area contributed by atoms with Gasteiger partial charge in [0, 0.05) is 23.7 Å². The molecule has 0 aliphatic heterocycles. The first-order valence-electron chi connectivity index (χ1n) is 8.35. The Labute approximate surface area is 153 Å². The van der Waals surface area contributed by atoms with Crippen LogP contribution in [0.1, 0.15) is 28.4 Å². The molecule has 0 saturated carbocycles. The number of nitrogens with zero attached hydrogens (tertiary/aromatic N) is 1. The van der Waals surface area contributed by atoms with Gasteiger partial charge >= 0.3 is 0 Å². The van der Waals surface area contributed by atoms with Crippen LogP contribution in [0, 0.1) is 0 Å². The van der Waals surface area contributed by atoms with Crippen molar-refractivity contribution in [3.8, 4) is 0 Å². The van der Waals surface area contributed by atoms with Gasteiger partial charge in [0.05, 0.1) is 0 Å². The first-order valence-corrected chi connectivity index (χ1v) is 8.73. The highest BCUT2D eigenvalue weighted by Gasteiger charge is 2.09. The van der Waals surface area contributed by atoms with Crippen molar-refractivity contribution < 1.29 is 4.79 Å². The van der Waals surface area contributed by atoms with E-state index >= 15 is 0 Å². The molecule has 4 heteroatoms. The van der Waals surface area contributed by atoms with Crippen molar-refractivity contribution in [3.63, 3.8) is 0 Å². The van der Waals surface area contributed by atoms with Gasteiger partial charge in [0.1, 0.15) is 0 Å². The van der Waals surface area contributed by atoms with Gasteiger partial charge in [-0.1, -0.05) is 54.9 Å². The molecule has 0 unspecified atom stereocenters. The van der Waals surface area contributed by atoms with E-state index in [0.717, 1.165) is 35.6 Å². The summed E-state index contributed by atoms with van der Waals surface area (Å²) in [5.74, 6) is -0.393. The summed E-state index contributed by atoms with van der Waals surface area (Å²) < 4.78 is 0. The zero-order valence-corrected chi connectivity index (χ0v) is 15.0. The minimum absolute atomic E-state index is 0.393. The summed E-state index contributed by atoms with van der Waals surface area (Å²) in [4.78, 5) is 13.7. The van der Waals surface area contributed by atoms with E-state index in [4.69, 9.17) is 17.3 Å². The zero-order chi connectivity index (χ0) is 17.8. The lowest BCUT2D eigenvalue weighted by molar-refractivity contribution is 0.1000. The molecule has 0 bridgehead atoms. The van der Waals surface area contributed by atoms with Gasteiger partial charge < -0.3 is 5.73 Å². The molecular weight excluding hydrogens is 332 g/mol. The maximum atomic E-state index is 11.4. The van der Waals surface area contributed by atoms with Gasteiger partial charge in [-0.3, -0.25) is 9.69 Å². The number of carbonyl (C=O) groups excluding carboxylic acids is 1. The van der Waals surface area contributed by atoms with Crippen molar-refractivity contribution in [2.24, 2.45) is 5.73 Å². The molecule has 0 heterocycles. The number of rotatable bonds is 6. The third kappa shape index (κ3) is 4.19. The summed E-state index contributed by atoms with van der Waals surface area (Å²) in [7, 11) is 0. The van der Waals surface area contributed by atoms with Gasteiger partial charge in [-0.05, 0) is 52.7 Å². The minimum atomic E-state index is -0.393. The second-order valence-electron chi connectivity index (χ2n) is 6.15. The Hall–Kier alpha value is -2.36. The summed E-state index contributed by atoms with van der Waals surface area (Å²) >= 11 is 6.10. The maximum Gasteiger partial charge on any atom is 0.248 e. The fourth-order valence-electron chi connectivity index (χ4n) is 3.06. The predicted octanol–water partition coefficient (Wildman–Crippen LogP) is 4.61. The molecule has 0 fully saturated rings. The highest BCUT2D eigenvalue weighted by Crippen LogP contribution is 2.24. The van der Waals surface area contributed by atoms with Gasteiger partial charge in [-0.25, -0.2) is 0 Å². The van der Waals surface area contributed by atoms with Crippen LogP contribution in [0.25, 0.3) is 10.8 Å². The summed E-state index contributed by atoms with van der Waals surface area (Å²) in [6, 6.07) is 19.8. The molecular formula is C21H21ClN2O. The highest BCUT2D eigenvalue weighted by molar-refractivity contribution is 6.31. The minimum Gasteiger partial charge on any atom is -0.366 e. The van der Waals surface area contributed by atoms with Crippen LogP contribution in [0.2, 0.25) is 5.02 Å². The number of halogens is 1. The summed E-state index contributed by atoms with van der Waals surface area (Å²) in [5.41, 5.74) is 8.28. The topological polar surface area (TPSA) is 46.3 Å². The number of fused-ring (bicyclic) bond motifs is 1. The smallest absolute Gasteiger partial charge is 0.248 e. The molecule has 0 spiro atoms.